The summed E-state index contributed by atoms with van der Waals surface area (Å²) in [7, 11) is -11.3. The third kappa shape index (κ3) is 14.9. The molecule has 0 spiro atoms. The lowest BCUT2D eigenvalue weighted by atomic mass is 9.85. The molecular weight excluding hydrogens is 1630 g/mol. The van der Waals surface area contributed by atoms with E-state index < -0.39 is 32.3 Å². The molecule has 0 aromatic heterocycles. The summed E-state index contributed by atoms with van der Waals surface area (Å²) in [6.45, 7) is 0. The monoisotopic (exact) mass is 1720 g/mol. The molecule has 0 saturated heterocycles. The largest absolute Gasteiger partial charge is 0.179 e. The molecular formula is C126H94Si4. The summed E-state index contributed by atoms with van der Waals surface area (Å²) in [6, 6.07) is 210. The highest BCUT2D eigenvalue weighted by molar-refractivity contribution is 7.22. The van der Waals surface area contributed by atoms with Crippen LogP contribution in [0, 0.1) is 0 Å². The molecule has 0 nitrogen and oxygen atoms in total. The Morgan fingerprint density at radius 1 is 0.123 bits per heavy atom. The molecule has 21 aromatic carbocycles. The minimum Gasteiger partial charge on any atom is -0.0623 e. The van der Waals surface area contributed by atoms with Crippen LogP contribution < -0.4 is 83.0 Å². The SMILES string of the molecule is C(=C(\c1ccc(-c2c3ccccc3c(-c3ccc(/C(=C/c4ccc([Si](c5ccccc5)(c5ccccc5)c5ccccc5)cc4)c4ccc([Si](c5ccccc5)(c5ccccc5)c5ccccc5)cc4)cc3)c3ccccc23)cc1)c1ccc([Si](c2ccccc2)(c2ccccc2)c2ccccc2)cc1)/c1ccc([Si](c2ccccc2)(c2ccccc2)c2ccccc2)cc1. The molecule has 614 valence electrons. The van der Waals surface area contributed by atoms with Crippen LogP contribution in [0.15, 0.2) is 558 Å². The van der Waals surface area contributed by atoms with Crippen molar-refractivity contribution in [2.75, 3.05) is 0 Å². The lowest BCUT2D eigenvalue weighted by Crippen LogP contribution is -2.74. The van der Waals surface area contributed by atoms with E-state index in [1.165, 1.54) is 116 Å². The second-order valence-electron chi connectivity index (χ2n) is 33.9. The smallest absolute Gasteiger partial charge is 0.0623 e. The van der Waals surface area contributed by atoms with Crippen LogP contribution in [0.5, 0.6) is 0 Å². The first-order valence-corrected chi connectivity index (χ1v) is 53.2. The predicted molar refractivity (Wildman–Crippen MR) is 567 cm³/mol. The molecule has 0 heterocycles. The van der Waals surface area contributed by atoms with E-state index in [1.807, 2.05) is 0 Å². The summed E-state index contributed by atoms with van der Waals surface area (Å²) in [5.41, 5.74) is 13.8. The number of rotatable bonds is 24. The standard InChI is InChI=1S/C126H94Si4/c1-13-41-103(42-14-1)127(104-43-15-2-16-44-104,105-45-17-3-18-46-105)115-85-69-95(70-86-115)93-123(99-81-89-117(90-82-99)129(109-53-25-7-26-54-109,110-55-27-8-28-56-110)111-57-29-9-30-58-111)97-73-77-101(78-74-97)125-119-65-37-39-67-121(119)126(122-68-40-38-66-120(122)125)102-79-75-98(76-80-102)124(100-83-91-118(92-84-100)130(112-59-31-10-32-60-112,113-61-33-11-34-62-113)114-63-35-12-36-64-114)94-96-71-87-116(88-72-96)128(106-47-19-4-20-48-106,107-49-21-5-22-50-107)108-51-23-6-24-52-108/h1-94H/b123-93-,124-94-. The van der Waals surface area contributed by atoms with E-state index >= 15 is 0 Å². The first-order valence-electron chi connectivity index (χ1n) is 45.2. The molecule has 0 bridgehead atoms. The van der Waals surface area contributed by atoms with Crippen molar-refractivity contribution in [3.8, 4) is 22.3 Å². The van der Waals surface area contributed by atoms with Gasteiger partial charge in [0.25, 0.3) is 0 Å². The van der Waals surface area contributed by atoms with Crippen LogP contribution in [0.2, 0.25) is 0 Å². The Morgan fingerprint density at radius 2 is 0.254 bits per heavy atom. The van der Waals surface area contributed by atoms with Crippen LogP contribution in [-0.2, 0) is 0 Å². The van der Waals surface area contributed by atoms with Crippen LogP contribution in [0.3, 0.4) is 0 Å². The summed E-state index contributed by atoms with van der Waals surface area (Å²) >= 11 is 0. The third-order valence-corrected chi connectivity index (χ3v) is 46.1. The highest BCUT2D eigenvalue weighted by Gasteiger charge is 2.46. The van der Waals surface area contributed by atoms with E-state index in [0.29, 0.717) is 0 Å². The Hall–Kier alpha value is -15.5. The first kappa shape index (κ1) is 81.5. The quantitative estimate of drug-likeness (QED) is 0.0245. The highest BCUT2D eigenvalue weighted by atomic mass is 28.3. The third-order valence-electron chi connectivity index (χ3n) is 26.9. The van der Waals surface area contributed by atoms with E-state index in [1.54, 1.807) is 0 Å². The van der Waals surface area contributed by atoms with Crippen LogP contribution >= 0.6 is 0 Å². The van der Waals surface area contributed by atoms with Crippen molar-refractivity contribution in [3.63, 3.8) is 0 Å². The molecule has 0 saturated carbocycles. The average Bonchev–Trinajstić information content (AvgIpc) is 0.746. The Bertz CT molecular complexity index is 6590. The zero-order valence-electron chi connectivity index (χ0n) is 72.3. The van der Waals surface area contributed by atoms with Gasteiger partial charge in [0.15, 0.2) is 32.3 Å². The van der Waals surface area contributed by atoms with E-state index in [2.05, 4.69) is 570 Å². The molecule has 0 aliphatic rings. The van der Waals surface area contributed by atoms with Gasteiger partial charge < -0.3 is 0 Å². The molecule has 0 radical (unpaired) electrons. The zero-order chi connectivity index (χ0) is 86.9. The minimum atomic E-state index is -2.85. The second kappa shape index (κ2) is 36.4. The Morgan fingerprint density at radius 3 is 0.415 bits per heavy atom. The molecule has 21 rings (SSSR count). The van der Waals surface area contributed by atoms with Gasteiger partial charge in [0.1, 0.15) is 0 Å². The summed E-state index contributed by atoms with van der Waals surface area (Å²) in [5, 5.41) is 26.3. The van der Waals surface area contributed by atoms with Crippen molar-refractivity contribution in [2.45, 2.75) is 0 Å². The number of hydrogen-bond donors (Lipinski definition) is 0. The molecule has 0 N–H and O–H groups in total. The van der Waals surface area contributed by atoms with Gasteiger partial charge in [0, 0.05) is 0 Å². The molecule has 0 aliphatic carbocycles. The normalized spacial score (nSPS) is 12.1. The van der Waals surface area contributed by atoms with E-state index in [-0.39, 0.29) is 0 Å². The number of hydrogen-bond acceptors (Lipinski definition) is 0. The fraction of sp³-hybridized carbons (Fsp3) is 0. The van der Waals surface area contributed by atoms with E-state index in [4.69, 9.17) is 0 Å². The van der Waals surface area contributed by atoms with Gasteiger partial charge in [-0.25, -0.2) is 0 Å². The Labute approximate surface area is 767 Å². The lowest BCUT2D eigenvalue weighted by Gasteiger charge is -2.34. The van der Waals surface area contributed by atoms with Crippen molar-refractivity contribution < 1.29 is 0 Å². The van der Waals surface area contributed by atoms with Gasteiger partial charge in [-0.05, 0) is 183 Å². The van der Waals surface area contributed by atoms with Gasteiger partial charge in [-0.3, -0.25) is 0 Å². The minimum absolute atomic E-state index is 1.13. The maximum atomic E-state index is 2.44. The zero-order valence-corrected chi connectivity index (χ0v) is 76.3. The molecule has 0 amide bonds. The van der Waals surface area contributed by atoms with Crippen molar-refractivity contribution >= 4 is 160 Å². The molecule has 0 aliphatic heterocycles. The predicted octanol–water partition coefficient (Wildman–Crippen LogP) is 20.0. The van der Waals surface area contributed by atoms with Gasteiger partial charge in [0.05, 0.1) is 0 Å². The molecule has 4 heteroatoms. The van der Waals surface area contributed by atoms with Gasteiger partial charge in [0.2, 0.25) is 0 Å². The number of benzene rings is 21. The molecule has 0 fully saturated rings. The average molecular weight is 1720 g/mol. The maximum Gasteiger partial charge on any atom is 0.179 e. The first-order chi connectivity index (χ1) is 64.5. The molecule has 0 unspecified atom stereocenters. The topological polar surface area (TPSA) is 0 Å². The fourth-order valence-corrected chi connectivity index (χ4v) is 40.1. The summed E-state index contributed by atoms with van der Waals surface area (Å²) in [5.74, 6) is 0. The Balaban J connectivity index is 0.689. The van der Waals surface area contributed by atoms with Crippen molar-refractivity contribution in [1.29, 1.82) is 0 Å². The van der Waals surface area contributed by atoms with Crippen LogP contribution in [0.25, 0.3) is 67.1 Å². The Kier molecular flexibility index (Phi) is 22.9. The van der Waals surface area contributed by atoms with Crippen LogP contribution in [0.1, 0.15) is 33.4 Å². The maximum absolute atomic E-state index is 2.85. The van der Waals surface area contributed by atoms with E-state index in [0.717, 1.165) is 55.7 Å². The lowest BCUT2D eigenvalue weighted by molar-refractivity contribution is 1.55. The van der Waals surface area contributed by atoms with Gasteiger partial charge in [-0.1, -0.05) is 558 Å². The summed E-state index contributed by atoms with van der Waals surface area (Å²) < 4.78 is 0. The summed E-state index contributed by atoms with van der Waals surface area (Å²) in [6.07, 6.45) is 4.84. The van der Waals surface area contributed by atoms with Crippen molar-refractivity contribution in [3.05, 3.63) is 591 Å². The van der Waals surface area contributed by atoms with Gasteiger partial charge in [-0.2, -0.15) is 0 Å². The fourth-order valence-electron chi connectivity index (χ4n) is 21.1. The van der Waals surface area contributed by atoms with Crippen LogP contribution in [-0.4, -0.2) is 32.3 Å². The summed E-state index contributed by atoms with van der Waals surface area (Å²) in [4.78, 5) is 0. The van der Waals surface area contributed by atoms with Gasteiger partial charge >= 0.3 is 0 Å². The highest BCUT2D eigenvalue weighted by Crippen LogP contribution is 2.45. The number of fused-ring (bicyclic) bond motifs is 2. The van der Waals surface area contributed by atoms with Crippen molar-refractivity contribution in [1.82, 2.24) is 0 Å². The molecule has 130 heavy (non-hydrogen) atoms. The molecule has 0 atom stereocenters. The second-order valence-corrected chi connectivity index (χ2v) is 49.1. The van der Waals surface area contributed by atoms with Crippen LogP contribution in [0.4, 0.5) is 0 Å². The molecule has 21 aromatic rings. The van der Waals surface area contributed by atoms with Crippen molar-refractivity contribution in [2.24, 2.45) is 0 Å². The van der Waals surface area contributed by atoms with Gasteiger partial charge in [-0.15, -0.1) is 0 Å². The van der Waals surface area contributed by atoms with E-state index in [9.17, 15) is 0 Å².